The van der Waals surface area contributed by atoms with Crippen LogP contribution in [-0.2, 0) is 14.3 Å². The summed E-state index contributed by atoms with van der Waals surface area (Å²) in [4.78, 5) is 24.1. The van der Waals surface area contributed by atoms with Crippen molar-refractivity contribution in [2.45, 2.75) is 100 Å². The number of rotatable bonds is 7. The van der Waals surface area contributed by atoms with E-state index in [0.717, 1.165) is 74.2 Å². The highest BCUT2D eigenvalue weighted by Crippen LogP contribution is 2.71. The lowest BCUT2D eigenvalue weighted by Crippen LogP contribution is -2.54. The van der Waals surface area contributed by atoms with Crippen molar-refractivity contribution < 1.29 is 19.4 Å². The van der Waals surface area contributed by atoms with E-state index >= 15 is 0 Å². The number of hydrogen-bond donors (Lipinski definition) is 1. The maximum atomic E-state index is 12.5. The van der Waals surface area contributed by atoms with E-state index < -0.39 is 5.41 Å². The highest BCUT2D eigenvalue weighted by molar-refractivity contribution is 5.75. The Morgan fingerprint density at radius 1 is 1.11 bits per heavy atom. The molecule has 0 radical (unpaired) electrons. The van der Waals surface area contributed by atoms with E-state index in [-0.39, 0.29) is 27.6 Å². The summed E-state index contributed by atoms with van der Waals surface area (Å²) in [5, 5.41) is 9.69. The van der Waals surface area contributed by atoms with Crippen molar-refractivity contribution in [2.24, 2.45) is 27.1 Å². The number of aliphatic hydroxyl groups excluding tert-OH is 1. The van der Waals surface area contributed by atoms with Gasteiger partial charge < -0.3 is 9.84 Å². The van der Waals surface area contributed by atoms with Crippen molar-refractivity contribution in [3.63, 3.8) is 0 Å². The Kier molecular flexibility index (Phi) is 7.39. The number of aldehydes is 1. The van der Waals surface area contributed by atoms with Crippen molar-refractivity contribution in [2.75, 3.05) is 6.61 Å². The van der Waals surface area contributed by atoms with E-state index in [1.54, 1.807) is 6.08 Å². The third-order valence-electron chi connectivity index (χ3n) is 10.1. The lowest BCUT2D eigenvalue weighted by molar-refractivity contribution is -0.154. The summed E-state index contributed by atoms with van der Waals surface area (Å²) >= 11 is 0. The molecule has 2 saturated carbocycles. The summed E-state index contributed by atoms with van der Waals surface area (Å²) in [7, 11) is 0. The molecule has 4 atom stereocenters. The van der Waals surface area contributed by atoms with E-state index in [1.807, 2.05) is 27.7 Å². The summed E-state index contributed by atoms with van der Waals surface area (Å²) in [6.07, 6.45) is 15.4. The first-order valence-corrected chi connectivity index (χ1v) is 13.3. The lowest BCUT2D eigenvalue weighted by Gasteiger charge is -2.64. The van der Waals surface area contributed by atoms with Gasteiger partial charge in [-0.1, -0.05) is 45.4 Å². The van der Waals surface area contributed by atoms with Gasteiger partial charge in [0.15, 0.2) is 0 Å². The molecular weight excluding hydrogens is 436 g/mol. The van der Waals surface area contributed by atoms with Crippen LogP contribution in [0.3, 0.4) is 0 Å². The molecule has 35 heavy (non-hydrogen) atoms. The van der Waals surface area contributed by atoms with Crippen LogP contribution in [0, 0.1) is 27.1 Å². The third kappa shape index (κ3) is 4.58. The Hall–Kier alpha value is -2.10. The summed E-state index contributed by atoms with van der Waals surface area (Å²) in [6, 6.07) is 0. The van der Waals surface area contributed by atoms with Crippen LogP contribution in [0.25, 0.3) is 0 Å². The highest BCUT2D eigenvalue weighted by Gasteiger charge is 2.61. The molecule has 0 heterocycles. The van der Waals surface area contributed by atoms with Crippen molar-refractivity contribution in [1.82, 2.24) is 0 Å². The van der Waals surface area contributed by atoms with Crippen LogP contribution in [0.15, 0.2) is 46.8 Å². The first kappa shape index (κ1) is 27.5. The topological polar surface area (TPSA) is 63.6 Å². The van der Waals surface area contributed by atoms with Gasteiger partial charge in [0.25, 0.3) is 0 Å². The summed E-state index contributed by atoms with van der Waals surface area (Å²) in [5.41, 5.74) is 3.86. The molecule has 2 fully saturated rings. The molecule has 0 aromatic carbocycles. The van der Waals surface area contributed by atoms with Crippen molar-refractivity contribution in [1.29, 1.82) is 0 Å². The quantitative estimate of drug-likeness (QED) is 0.174. The predicted octanol–water partition coefficient (Wildman–Crippen LogP) is 7.81. The fraction of sp³-hybridized carbons (Fsp3) is 0.677. The lowest BCUT2D eigenvalue weighted by atomic mass is 9.40. The Bertz CT molecular complexity index is 995. The fourth-order valence-electron chi connectivity index (χ4n) is 7.39. The van der Waals surface area contributed by atoms with Gasteiger partial charge in [-0.05, 0) is 112 Å². The zero-order valence-corrected chi connectivity index (χ0v) is 23.2. The number of aliphatic hydroxyl groups is 1. The van der Waals surface area contributed by atoms with Crippen LogP contribution in [0.1, 0.15) is 100 Å². The van der Waals surface area contributed by atoms with Gasteiger partial charge in [-0.15, -0.1) is 0 Å². The normalized spacial score (nSPS) is 36.6. The van der Waals surface area contributed by atoms with E-state index in [1.165, 1.54) is 5.57 Å². The molecule has 0 amide bonds. The smallest absolute Gasteiger partial charge is 0.311 e. The second-order valence-electron chi connectivity index (χ2n) is 13.0. The molecule has 0 aromatic heterocycles. The number of allylic oxidation sites excluding steroid dienone is 7. The molecule has 194 valence electrons. The predicted molar refractivity (Wildman–Crippen MR) is 142 cm³/mol. The van der Waals surface area contributed by atoms with E-state index in [9.17, 15) is 14.7 Å². The molecule has 0 spiro atoms. The molecule has 4 heteroatoms. The molecule has 0 aromatic rings. The third-order valence-corrected chi connectivity index (χ3v) is 10.1. The highest BCUT2D eigenvalue weighted by atomic mass is 16.5. The molecule has 3 aliphatic carbocycles. The Morgan fingerprint density at radius 3 is 2.40 bits per heavy atom. The zero-order valence-electron chi connectivity index (χ0n) is 23.2. The molecule has 0 aliphatic heterocycles. The standard InChI is InChI=1S/C31H46O4/c1-9-35-26(34)27(3,4)13-14-28(5)15-18-31(8)25-11-10-23(22(2)20-33)24(12-19-32)30(25,7)17-16-29(31,6)21-28/h10-12,19-20,33H,9,13-18,21H2,1-8H3/b22-20+,24-12+/t28-,29+,30+,31-/m1/s1. The van der Waals surface area contributed by atoms with Gasteiger partial charge in [-0.3, -0.25) is 9.59 Å². The Morgan fingerprint density at radius 2 is 1.80 bits per heavy atom. The zero-order chi connectivity index (χ0) is 26.3. The second kappa shape index (κ2) is 9.41. The number of carbonyl (C=O) groups excluding carboxylic acids is 2. The molecule has 0 bridgehead atoms. The van der Waals surface area contributed by atoms with Crippen molar-refractivity contribution in [3.8, 4) is 0 Å². The number of hydrogen-bond acceptors (Lipinski definition) is 4. The summed E-state index contributed by atoms with van der Waals surface area (Å²) in [6.45, 7) is 17.8. The maximum absolute atomic E-state index is 12.5. The number of fused-ring (bicyclic) bond motifs is 3. The average Bonchev–Trinajstić information content (AvgIpc) is 2.80. The van der Waals surface area contributed by atoms with E-state index in [2.05, 4.69) is 39.8 Å². The monoisotopic (exact) mass is 482 g/mol. The first-order chi connectivity index (χ1) is 16.2. The number of esters is 1. The van der Waals surface area contributed by atoms with Crippen LogP contribution >= 0.6 is 0 Å². The molecule has 0 unspecified atom stereocenters. The van der Waals surface area contributed by atoms with Crippen LogP contribution in [0.2, 0.25) is 0 Å². The van der Waals surface area contributed by atoms with Crippen LogP contribution < -0.4 is 0 Å². The summed E-state index contributed by atoms with van der Waals surface area (Å²) in [5.74, 6) is -0.0967. The van der Waals surface area contributed by atoms with E-state index in [0.29, 0.717) is 6.61 Å². The number of ether oxygens (including phenoxy) is 1. The minimum atomic E-state index is -0.467. The largest absolute Gasteiger partial charge is 0.515 e. The second-order valence-corrected chi connectivity index (χ2v) is 13.0. The van der Waals surface area contributed by atoms with Gasteiger partial charge in [-0.25, -0.2) is 0 Å². The van der Waals surface area contributed by atoms with Crippen LogP contribution in [0.5, 0.6) is 0 Å². The fourth-order valence-corrected chi connectivity index (χ4v) is 7.39. The first-order valence-electron chi connectivity index (χ1n) is 13.3. The average molecular weight is 483 g/mol. The molecule has 0 saturated heterocycles. The van der Waals surface area contributed by atoms with Gasteiger partial charge in [0.2, 0.25) is 0 Å². The minimum absolute atomic E-state index is 0.0248. The summed E-state index contributed by atoms with van der Waals surface area (Å²) < 4.78 is 5.33. The van der Waals surface area contributed by atoms with E-state index in [4.69, 9.17) is 4.74 Å². The van der Waals surface area contributed by atoms with Crippen molar-refractivity contribution >= 4 is 12.3 Å². The van der Waals surface area contributed by atoms with Gasteiger partial charge in [0.05, 0.1) is 18.3 Å². The minimum Gasteiger partial charge on any atom is -0.515 e. The SMILES string of the molecule is CCOC(=O)C(C)(C)CC[C@]1(C)CC[C@]2(C)C3=CC=C(/C(C)=C/O)/C(=C\C=O)[C@]3(C)CC[C@@]2(C)C1. The molecular formula is C31H46O4. The Balaban J connectivity index is 1.93. The van der Waals surface area contributed by atoms with Gasteiger partial charge in [0, 0.05) is 5.41 Å². The number of carbonyl (C=O) groups is 2. The van der Waals surface area contributed by atoms with Gasteiger partial charge in [0.1, 0.15) is 6.29 Å². The molecule has 4 nitrogen and oxygen atoms in total. The molecule has 3 rings (SSSR count). The van der Waals surface area contributed by atoms with Crippen molar-refractivity contribution in [3.05, 3.63) is 46.8 Å². The Labute approximate surface area is 212 Å². The molecule has 3 aliphatic rings. The molecule has 1 N–H and O–H groups in total. The van der Waals surface area contributed by atoms with Gasteiger partial charge >= 0.3 is 5.97 Å². The maximum Gasteiger partial charge on any atom is 0.311 e. The van der Waals surface area contributed by atoms with Crippen LogP contribution in [-0.4, -0.2) is 24.0 Å². The van der Waals surface area contributed by atoms with Gasteiger partial charge in [-0.2, -0.15) is 0 Å². The van der Waals surface area contributed by atoms with Crippen LogP contribution in [0.4, 0.5) is 0 Å².